The molecule has 0 heterocycles. The molecule has 5 rings (SSSR count). The van der Waals surface area contributed by atoms with Crippen LogP contribution in [0.2, 0.25) is 0 Å². The van der Waals surface area contributed by atoms with Crippen molar-refractivity contribution in [1.29, 1.82) is 0 Å². The number of allylic oxidation sites excluding steroid dienone is 6. The highest BCUT2D eigenvalue weighted by atomic mass is 16.1. The van der Waals surface area contributed by atoms with Crippen LogP contribution < -0.4 is 0 Å². The van der Waals surface area contributed by atoms with E-state index in [1.54, 1.807) is 6.08 Å². The van der Waals surface area contributed by atoms with Crippen LogP contribution in [0.25, 0.3) is 28.5 Å². The maximum Gasteiger partial charge on any atom is 0.160 e. The molecule has 3 aliphatic rings. The van der Waals surface area contributed by atoms with E-state index < -0.39 is 0 Å². The molecule has 1 nitrogen and oxygen atoms in total. The van der Waals surface area contributed by atoms with Crippen molar-refractivity contribution >= 4 is 34.3 Å². The van der Waals surface area contributed by atoms with Crippen LogP contribution in [0.4, 0.5) is 0 Å². The van der Waals surface area contributed by atoms with E-state index in [-0.39, 0.29) is 5.78 Å². The van der Waals surface area contributed by atoms with Gasteiger partial charge in [-0.2, -0.15) is 0 Å². The van der Waals surface area contributed by atoms with Crippen LogP contribution in [0.5, 0.6) is 0 Å². The minimum Gasteiger partial charge on any atom is -0.294 e. The van der Waals surface area contributed by atoms with Gasteiger partial charge in [0.2, 0.25) is 0 Å². The van der Waals surface area contributed by atoms with Crippen LogP contribution in [-0.4, -0.2) is 5.78 Å². The SMILES string of the molecule is O=C1C=Cc2c(ccc3c4c(ccc23)C2=CC=CC2=C4)C1. The first-order valence-corrected chi connectivity index (χ1v) is 7.21. The second kappa shape index (κ2) is 3.70. The van der Waals surface area contributed by atoms with E-state index in [4.69, 9.17) is 0 Å². The van der Waals surface area contributed by atoms with Crippen molar-refractivity contribution in [2.24, 2.45) is 0 Å². The Morgan fingerprint density at radius 1 is 0.857 bits per heavy atom. The largest absolute Gasteiger partial charge is 0.294 e. The first kappa shape index (κ1) is 11.0. The number of hydrogen-bond acceptors (Lipinski definition) is 1. The van der Waals surface area contributed by atoms with Gasteiger partial charge in [0.25, 0.3) is 0 Å². The van der Waals surface area contributed by atoms with Crippen LogP contribution in [0.3, 0.4) is 0 Å². The maximum absolute atomic E-state index is 11.6. The molecule has 0 saturated heterocycles. The lowest BCUT2D eigenvalue weighted by atomic mass is 9.89. The minimum absolute atomic E-state index is 0.190. The summed E-state index contributed by atoms with van der Waals surface area (Å²) >= 11 is 0. The Balaban J connectivity index is 1.85. The zero-order valence-corrected chi connectivity index (χ0v) is 11.4. The lowest BCUT2D eigenvalue weighted by Crippen LogP contribution is -2.05. The van der Waals surface area contributed by atoms with Crippen LogP contribution in [0, 0.1) is 0 Å². The average molecular weight is 268 g/mol. The molecule has 1 heteroatoms. The highest BCUT2D eigenvalue weighted by Gasteiger charge is 2.22. The molecule has 21 heavy (non-hydrogen) atoms. The molecule has 98 valence electrons. The van der Waals surface area contributed by atoms with Crippen LogP contribution in [-0.2, 0) is 11.2 Å². The minimum atomic E-state index is 0.190. The van der Waals surface area contributed by atoms with Gasteiger partial charge in [-0.15, -0.1) is 0 Å². The van der Waals surface area contributed by atoms with Gasteiger partial charge >= 0.3 is 0 Å². The van der Waals surface area contributed by atoms with Gasteiger partial charge in [0.15, 0.2) is 5.78 Å². The lowest BCUT2D eigenvalue weighted by Gasteiger charge is -2.14. The number of carbonyl (C=O) groups is 1. The summed E-state index contributed by atoms with van der Waals surface area (Å²) in [7, 11) is 0. The Kier molecular flexibility index (Phi) is 1.95. The van der Waals surface area contributed by atoms with Gasteiger partial charge in [0.1, 0.15) is 0 Å². The fraction of sp³-hybridized carbons (Fsp3) is 0.0500. The quantitative estimate of drug-likeness (QED) is 0.695. The number of rotatable bonds is 0. The van der Waals surface area contributed by atoms with Gasteiger partial charge in [0.05, 0.1) is 0 Å². The molecule has 0 spiro atoms. The standard InChI is InChI=1S/C20H12O/c21-14-5-7-16-13(10-14)4-6-19-17(16)8-9-18-15-3-1-2-12(15)11-20(18)19/h1-9,11H,10H2. The second-order valence-electron chi connectivity index (χ2n) is 5.78. The third-order valence-corrected chi connectivity index (χ3v) is 4.61. The number of ketones is 1. The van der Waals surface area contributed by atoms with Gasteiger partial charge in [-0.1, -0.05) is 48.6 Å². The van der Waals surface area contributed by atoms with Gasteiger partial charge in [-0.05, 0) is 56.3 Å². The summed E-state index contributed by atoms with van der Waals surface area (Å²) in [6.07, 6.45) is 12.9. The molecule has 2 aromatic carbocycles. The zero-order chi connectivity index (χ0) is 14.0. The van der Waals surface area contributed by atoms with Crippen molar-refractivity contribution in [2.45, 2.75) is 6.42 Å². The fourth-order valence-electron chi connectivity index (χ4n) is 3.62. The summed E-state index contributed by atoms with van der Waals surface area (Å²) in [5.74, 6) is 0.190. The molecular formula is C20H12O. The van der Waals surface area contributed by atoms with Gasteiger partial charge in [0, 0.05) is 6.42 Å². The predicted octanol–water partition coefficient (Wildman–Crippen LogP) is 4.33. The summed E-state index contributed by atoms with van der Waals surface area (Å²) in [4.78, 5) is 11.6. The molecule has 0 saturated carbocycles. The highest BCUT2D eigenvalue weighted by Crippen LogP contribution is 2.43. The lowest BCUT2D eigenvalue weighted by molar-refractivity contribution is -0.114. The van der Waals surface area contributed by atoms with Crippen molar-refractivity contribution < 1.29 is 4.79 Å². The Hall–Kier alpha value is -2.67. The molecule has 0 unspecified atom stereocenters. The van der Waals surface area contributed by atoms with Crippen molar-refractivity contribution in [1.82, 2.24) is 0 Å². The first-order valence-electron chi connectivity index (χ1n) is 7.21. The third kappa shape index (κ3) is 1.38. The Bertz CT molecular complexity index is 965. The Labute approximate surface area is 122 Å². The van der Waals surface area contributed by atoms with E-state index in [1.807, 2.05) is 6.08 Å². The van der Waals surface area contributed by atoms with E-state index in [9.17, 15) is 4.79 Å². The molecule has 0 fully saturated rings. The number of fused-ring (bicyclic) bond motifs is 7. The molecule has 3 aliphatic carbocycles. The second-order valence-corrected chi connectivity index (χ2v) is 5.78. The Morgan fingerprint density at radius 3 is 2.67 bits per heavy atom. The molecular weight excluding hydrogens is 256 g/mol. The normalized spacial score (nSPS) is 17.6. The van der Waals surface area contributed by atoms with Crippen LogP contribution >= 0.6 is 0 Å². The summed E-state index contributed by atoms with van der Waals surface area (Å²) < 4.78 is 0. The fourth-order valence-corrected chi connectivity index (χ4v) is 3.62. The van der Waals surface area contributed by atoms with E-state index in [0.717, 1.165) is 5.56 Å². The summed E-state index contributed by atoms with van der Waals surface area (Å²) in [5.41, 5.74) is 7.61. The molecule has 0 amide bonds. The molecule has 0 bridgehead atoms. The zero-order valence-electron chi connectivity index (χ0n) is 11.4. The van der Waals surface area contributed by atoms with Gasteiger partial charge in [-0.25, -0.2) is 0 Å². The van der Waals surface area contributed by atoms with Gasteiger partial charge in [-0.3, -0.25) is 4.79 Å². The third-order valence-electron chi connectivity index (χ3n) is 4.61. The molecule has 0 N–H and O–H groups in total. The Morgan fingerprint density at radius 2 is 1.71 bits per heavy atom. The molecule has 2 aromatic rings. The molecule has 0 aliphatic heterocycles. The van der Waals surface area contributed by atoms with Crippen molar-refractivity contribution in [2.75, 3.05) is 0 Å². The predicted molar refractivity (Wildman–Crippen MR) is 86.8 cm³/mol. The number of carbonyl (C=O) groups excluding carboxylic acids is 1. The van der Waals surface area contributed by atoms with Gasteiger partial charge < -0.3 is 0 Å². The average Bonchev–Trinajstić information content (AvgIpc) is 3.07. The first-order chi connectivity index (χ1) is 10.3. The maximum atomic E-state index is 11.6. The van der Waals surface area contributed by atoms with E-state index in [1.165, 1.54) is 38.6 Å². The summed E-state index contributed by atoms with van der Waals surface area (Å²) in [6, 6.07) is 8.69. The van der Waals surface area contributed by atoms with E-state index in [2.05, 4.69) is 48.6 Å². The molecule has 0 atom stereocenters. The molecule has 0 radical (unpaired) electrons. The van der Waals surface area contributed by atoms with Crippen LogP contribution in [0.15, 0.2) is 54.1 Å². The topological polar surface area (TPSA) is 17.1 Å². The van der Waals surface area contributed by atoms with E-state index >= 15 is 0 Å². The smallest absolute Gasteiger partial charge is 0.160 e. The van der Waals surface area contributed by atoms with Crippen molar-refractivity contribution in [3.8, 4) is 0 Å². The number of hydrogen-bond donors (Lipinski definition) is 0. The van der Waals surface area contributed by atoms with E-state index in [0.29, 0.717) is 6.42 Å². The highest BCUT2D eigenvalue weighted by molar-refractivity contribution is 6.10. The van der Waals surface area contributed by atoms with Crippen molar-refractivity contribution in [3.05, 3.63) is 76.4 Å². The van der Waals surface area contributed by atoms with Crippen molar-refractivity contribution in [3.63, 3.8) is 0 Å². The molecule has 0 aromatic heterocycles. The monoisotopic (exact) mass is 268 g/mol. The summed E-state index contributed by atoms with van der Waals surface area (Å²) in [6.45, 7) is 0. The summed E-state index contributed by atoms with van der Waals surface area (Å²) in [5, 5.41) is 2.53. The number of benzene rings is 2. The van der Waals surface area contributed by atoms with Crippen LogP contribution in [0.1, 0.15) is 22.3 Å².